The van der Waals surface area contributed by atoms with Crippen molar-refractivity contribution in [3.05, 3.63) is 23.8 Å². The SMILES string of the molecule is CCOC(C)c1ccc2c(N)noc2c1. The molecule has 0 aliphatic rings. The number of benzene rings is 1. The summed E-state index contributed by atoms with van der Waals surface area (Å²) in [6.45, 7) is 4.67. The molecule has 4 heteroatoms. The van der Waals surface area contributed by atoms with Crippen molar-refractivity contribution in [3.63, 3.8) is 0 Å². The number of nitrogen functional groups attached to an aromatic ring is 1. The highest BCUT2D eigenvalue weighted by Crippen LogP contribution is 2.25. The summed E-state index contributed by atoms with van der Waals surface area (Å²) < 4.78 is 10.6. The van der Waals surface area contributed by atoms with E-state index in [1.807, 2.05) is 32.0 Å². The van der Waals surface area contributed by atoms with Gasteiger partial charge in [-0.25, -0.2) is 0 Å². The third-order valence-electron chi connectivity index (χ3n) is 2.41. The fourth-order valence-corrected chi connectivity index (χ4v) is 1.57. The normalized spacial score (nSPS) is 13.2. The van der Waals surface area contributed by atoms with E-state index in [1.165, 1.54) is 0 Å². The van der Waals surface area contributed by atoms with Crippen LogP contribution in [0.4, 0.5) is 5.82 Å². The fourth-order valence-electron chi connectivity index (χ4n) is 1.57. The van der Waals surface area contributed by atoms with Gasteiger partial charge in [-0.15, -0.1) is 0 Å². The lowest BCUT2D eigenvalue weighted by atomic mass is 10.1. The zero-order chi connectivity index (χ0) is 10.8. The zero-order valence-corrected chi connectivity index (χ0v) is 8.86. The number of hydrogen-bond acceptors (Lipinski definition) is 4. The molecule has 1 atom stereocenters. The number of ether oxygens (including phenoxy) is 1. The lowest BCUT2D eigenvalue weighted by molar-refractivity contribution is 0.0764. The first kappa shape index (κ1) is 9.98. The summed E-state index contributed by atoms with van der Waals surface area (Å²) in [4.78, 5) is 0. The van der Waals surface area contributed by atoms with Crippen LogP contribution in [0.2, 0.25) is 0 Å². The highest BCUT2D eigenvalue weighted by molar-refractivity contribution is 5.87. The monoisotopic (exact) mass is 206 g/mol. The molecule has 0 bridgehead atoms. The summed E-state index contributed by atoms with van der Waals surface area (Å²) in [6.07, 6.45) is 0.0609. The van der Waals surface area contributed by atoms with E-state index in [0.717, 1.165) is 10.9 Å². The third kappa shape index (κ3) is 1.80. The lowest BCUT2D eigenvalue weighted by Gasteiger charge is -2.11. The molecule has 0 aliphatic heterocycles. The van der Waals surface area contributed by atoms with Crippen molar-refractivity contribution < 1.29 is 9.26 Å². The molecule has 0 radical (unpaired) electrons. The van der Waals surface area contributed by atoms with Crippen molar-refractivity contribution >= 4 is 16.8 Å². The molecule has 2 aromatic rings. The van der Waals surface area contributed by atoms with E-state index in [0.29, 0.717) is 18.0 Å². The third-order valence-corrected chi connectivity index (χ3v) is 2.41. The van der Waals surface area contributed by atoms with Gasteiger partial charge in [-0.2, -0.15) is 0 Å². The van der Waals surface area contributed by atoms with Crippen LogP contribution >= 0.6 is 0 Å². The van der Waals surface area contributed by atoms with Crippen molar-refractivity contribution in [1.29, 1.82) is 0 Å². The van der Waals surface area contributed by atoms with E-state index in [-0.39, 0.29) is 6.10 Å². The Kier molecular flexibility index (Phi) is 2.60. The summed E-state index contributed by atoms with van der Waals surface area (Å²) >= 11 is 0. The second kappa shape index (κ2) is 3.90. The molecule has 0 spiro atoms. The number of anilines is 1. The number of nitrogens with zero attached hydrogens (tertiary/aromatic N) is 1. The molecular formula is C11H14N2O2. The maximum absolute atomic E-state index is 5.62. The van der Waals surface area contributed by atoms with Gasteiger partial charge in [-0.1, -0.05) is 11.2 Å². The second-order valence-electron chi connectivity index (χ2n) is 3.42. The molecule has 0 aliphatic carbocycles. The van der Waals surface area contributed by atoms with Crippen LogP contribution in [0.3, 0.4) is 0 Å². The number of aromatic nitrogens is 1. The summed E-state index contributed by atoms with van der Waals surface area (Å²) in [7, 11) is 0. The molecule has 1 unspecified atom stereocenters. The van der Waals surface area contributed by atoms with E-state index in [4.69, 9.17) is 15.0 Å². The van der Waals surface area contributed by atoms with Gasteiger partial charge in [0.2, 0.25) is 0 Å². The number of hydrogen-bond donors (Lipinski definition) is 1. The van der Waals surface area contributed by atoms with Crippen LogP contribution in [-0.4, -0.2) is 11.8 Å². The minimum atomic E-state index is 0.0609. The molecule has 0 saturated heterocycles. The largest absolute Gasteiger partial charge is 0.380 e. The van der Waals surface area contributed by atoms with E-state index in [1.54, 1.807) is 0 Å². The van der Waals surface area contributed by atoms with Crippen molar-refractivity contribution in [2.75, 3.05) is 12.3 Å². The standard InChI is InChI=1S/C11H14N2O2/c1-3-14-7(2)8-4-5-9-10(6-8)15-13-11(9)12/h4-7H,3H2,1-2H3,(H2,12,13). The van der Waals surface area contributed by atoms with Crippen molar-refractivity contribution in [3.8, 4) is 0 Å². The van der Waals surface area contributed by atoms with Gasteiger partial charge >= 0.3 is 0 Å². The van der Waals surface area contributed by atoms with E-state index < -0.39 is 0 Å². The second-order valence-corrected chi connectivity index (χ2v) is 3.42. The summed E-state index contributed by atoms with van der Waals surface area (Å²) in [5.74, 6) is 0.431. The Morgan fingerprint density at radius 1 is 1.53 bits per heavy atom. The smallest absolute Gasteiger partial charge is 0.174 e. The number of nitrogens with two attached hydrogens (primary N) is 1. The number of rotatable bonds is 3. The first-order valence-corrected chi connectivity index (χ1v) is 4.98. The maximum atomic E-state index is 5.62. The van der Waals surface area contributed by atoms with Crippen molar-refractivity contribution in [1.82, 2.24) is 5.16 Å². The predicted octanol–water partition coefficient (Wildman–Crippen LogP) is 2.51. The molecule has 1 aromatic carbocycles. The lowest BCUT2D eigenvalue weighted by Crippen LogP contribution is -1.98. The quantitative estimate of drug-likeness (QED) is 0.838. The van der Waals surface area contributed by atoms with Gasteiger partial charge in [0.05, 0.1) is 11.5 Å². The Morgan fingerprint density at radius 2 is 2.33 bits per heavy atom. The molecule has 80 valence electrons. The zero-order valence-electron chi connectivity index (χ0n) is 8.86. The average molecular weight is 206 g/mol. The van der Waals surface area contributed by atoms with Gasteiger partial charge in [0.1, 0.15) is 0 Å². The molecule has 0 saturated carbocycles. The van der Waals surface area contributed by atoms with Crippen LogP contribution in [0.5, 0.6) is 0 Å². The van der Waals surface area contributed by atoms with E-state index >= 15 is 0 Å². The van der Waals surface area contributed by atoms with Gasteiger partial charge in [0.25, 0.3) is 0 Å². The maximum Gasteiger partial charge on any atom is 0.174 e. The average Bonchev–Trinajstić information content (AvgIpc) is 2.60. The Balaban J connectivity index is 2.38. The van der Waals surface area contributed by atoms with Crippen LogP contribution in [0, 0.1) is 0 Å². The minimum Gasteiger partial charge on any atom is -0.380 e. The molecule has 15 heavy (non-hydrogen) atoms. The van der Waals surface area contributed by atoms with Gasteiger partial charge in [-0.3, -0.25) is 0 Å². The molecule has 2 N–H and O–H groups in total. The molecule has 1 heterocycles. The number of fused-ring (bicyclic) bond motifs is 1. The van der Waals surface area contributed by atoms with E-state index in [2.05, 4.69) is 5.16 Å². The fraction of sp³-hybridized carbons (Fsp3) is 0.364. The molecule has 1 aromatic heterocycles. The van der Waals surface area contributed by atoms with Crippen LogP contribution in [0.25, 0.3) is 11.0 Å². The van der Waals surface area contributed by atoms with Crippen LogP contribution in [-0.2, 0) is 4.74 Å². The van der Waals surface area contributed by atoms with Gasteiger partial charge in [0.15, 0.2) is 11.4 Å². The summed E-state index contributed by atoms with van der Waals surface area (Å²) in [6, 6.07) is 5.81. The highest BCUT2D eigenvalue weighted by atomic mass is 16.5. The van der Waals surface area contributed by atoms with Gasteiger partial charge < -0.3 is 15.0 Å². The summed E-state index contributed by atoms with van der Waals surface area (Å²) in [5, 5.41) is 4.55. The Morgan fingerprint density at radius 3 is 3.07 bits per heavy atom. The Hall–Kier alpha value is -1.55. The van der Waals surface area contributed by atoms with Crippen LogP contribution < -0.4 is 5.73 Å². The van der Waals surface area contributed by atoms with E-state index in [9.17, 15) is 0 Å². The molecule has 2 rings (SSSR count). The van der Waals surface area contributed by atoms with Gasteiger partial charge in [0, 0.05) is 6.61 Å². The van der Waals surface area contributed by atoms with Crippen molar-refractivity contribution in [2.45, 2.75) is 20.0 Å². The predicted molar refractivity (Wildman–Crippen MR) is 58.5 cm³/mol. The first-order valence-electron chi connectivity index (χ1n) is 4.98. The van der Waals surface area contributed by atoms with Crippen LogP contribution in [0.15, 0.2) is 22.7 Å². The summed E-state index contributed by atoms with van der Waals surface area (Å²) in [5.41, 5.74) is 7.40. The van der Waals surface area contributed by atoms with Crippen molar-refractivity contribution in [2.24, 2.45) is 0 Å². The first-order chi connectivity index (χ1) is 7.22. The molecule has 4 nitrogen and oxygen atoms in total. The topological polar surface area (TPSA) is 61.3 Å². The molecule has 0 amide bonds. The molecule has 0 fully saturated rings. The minimum absolute atomic E-state index is 0.0609. The Bertz CT molecular complexity index is 465. The van der Waals surface area contributed by atoms with Crippen LogP contribution in [0.1, 0.15) is 25.5 Å². The Labute approximate surface area is 88.0 Å². The highest BCUT2D eigenvalue weighted by Gasteiger charge is 2.09. The van der Waals surface area contributed by atoms with Gasteiger partial charge in [-0.05, 0) is 31.5 Å². The molecular weight excluding hydrogens is 192 g/mol.